The summed E-state index contributed by atoms with van der Waals surface area (Å²) in [6, 6.07) is 1.29. The summed E-state index contributed by atoms with van der Waals surface area (Å²) in [6.45, 7) is 3.38. The van der Waals surface area contributed by atoms with Crippen molar-refractivity contribution < 1.29 is 0 Å². The maximum absolute atomic E-state index is 5.82. The zero-order chi connectivity index (χ0) is 8.27. The summed E-state index contributed by atoms with van der Waals surface area (Å²) in [5.74, 6) is 0. The average molecular weight is 156 g/mol. The van der Waals surface area contributed by atoms with Crippen LogP contribution in [0.2, 0.25) is 0 Å². The van der Waals surface area contributed by atoms with Gasteiger partial charge in [-0.1, -0.05) is 6.92 Å². The van der Waals surface area contributed by atoms with E-state index in [1.165, 1.54) is 32.2 Å². The highest BCUT2D eigenvalue weighted by Gasteiger charge is 2.20. The maximum Gasteiger partial charge on any atom is 0.00932 e. The van der Waals surface area contributed by atoms with E-state index in [0.29, 0.717) is 6.04 Å². The Balaban J connectivity index is 2.27. The van der Waals surface area contributed by atoms with E-state index < -0.39 is 0 Å². The molecule has 11 heavy (non-hydrogen) atoms. The van der Waals surface area contributed by atoms with Gasteiger partial charge < -0.3 is 10.6 Å². The Kier molecular flexibility index (Phi) is 3.34. The minimum atomic E-state index is 0.483. The molecule has 0 saturated heterocycles. The zero-order valence-electron chi connectivity index (χ0n) is 7.71. The van der Waals surface area contributed by atoms with Crippen molar-refractivity contribution in [2.24, 2.45) is 5.73 Å². The molecule has 1 aliphatic rings. The minimum absolute atomic E-state index is 0.483. The Morgan fingerprint density at radius 1 is 1.27 bits per heavy atom. The van der Waals surface area contributed by atoms with Crippen LogP contribution in [-0.4, -0.2) is 30.6 Å². The van der Waals surface area contributed by atoms with Gasteiger partial charge in [0.1, 0.15) is 0 Å². The number of nitrogens with zero attached hydrogens (tertiary/aromatic N) is 1. The molecule has 0 radical (unpaired) electrons. The van der Waals surface area contributed by atoms with Crippen molar-refractivity contribution >= 4 is 0 Å². The highest BCUT2D eigenvalue weighted by Crippen LogP contribution is 2.20. The third kappa shape index (κ3) is 2.46. The van der Waals surface area contributed by atoms with Gasteiger partial charge in [-0.05, 0) is 39.3 Å². The lowest BCUT2D eigenvalue weighted by Gasteiger charge is -2.32. The van der Waals surface area contributed by atoms with Crippen LogP contribution < -0.4 is 5.73 Å². The molecule has 0 spiro atoms. The van der Waals surface area contributed by atoms with Crippen LogP contribution in [0.1, 0.15) is 32.6 Å². The SMILES string of the molecule is CCN(C)[C@H]1CC[C@@H](N)CC1. The summed E-state index contributed by atoms with van der Waals surface area (Å²) in [4.78, 5) is 2.44. The minimum Gasteiger partial charge on any atom is -0.328 e. The number of rotatable bonds is 2. The summed E-state index contributed by atoms with van der Waals surface area (Å²) in [7, 11) is 2.21. The fraction of sp³-hybridized carbons (Fsp3) is 1.00. The molecule has 2 heteroatoms. The second kappa shape index (κ2) is 4.07. The Labute approximate surface area is 69.8 Å². The van der Waals surface area contributed by atoms with Crippen LogP contribution in [0.25, 0.3) is 0 Å². The van der Waals surface area contributed by atoms with Gasteiger partial charge >= 0.3 is 0 Å². The number of nitrogens with two attached hydrogens (primary N) is 1. The molecule has 2 nitrogen and oxygen atoms in total. The van der Waals surface area contributed by atoms with E-state index in [1.54, 1.807) is 0 Å². The molecule has 66 valence electrons. The highest BCUT2D eigenvalue weighted by atomic mass is 15.1. The summed E-state index contributed by atoms with van der Waals surface area (Å²) >= 11 is 0. The van der Waals surface area contributed by atoms with Gasteiger partial charge in [0.05, 0.1) is 0 Å². The Hall–Kier alpha value is -0.0800. The van der Waals surface area contributed by atoms with E-state index in [4.69, 9.17) is 5.73 Å². The summed E-state index contributed by atoms with van der Waals surface area (Å²) in [5, 5.41) is 0. The smallest absolute Gasteiger partial charge is 0.00932 e. The quantitative estimate of drug-likeness (QED) is 0.651. The van der Waals surface area contributed by atoms with E-state index in [-0.39, 0.29) is 0 Å². The van der Waals surface area contributed by atoms with Gasteiger partial charge in [0.2, 0.25) is 0 Å². The third-order valence-electron chi connectivity index (χ3n) is 2.86. The van der Waals surface area contributed by atoms with E-state index >= 15 is 0 Å². The van der Waals surface area contributed by atoms with Gasteiger partial charge in [-0.15, -0.1) is 0 Å². The van der Waals surface area contributed by atoms with Gasteiger partial charge in [-0.3, -0.25) is 0 Å². The third-order valence-corrected chi connectivity index (χ3v) is 2.86. The molecule has 1 fully saturated rings. The molecule has 1 aliphatic carbocycles. The molecular weight excluding hydrogens is 136 g/mol. The van der Waals surface area contributed by atoms with Crippen LogP contribution in [-0.2, 0) is 0 Å². The molecule has 0 unspecified atom stereocenters. The molecule has 0 amide bonds. The van der Waals surface area contributed by atoms with Crippen LogP contribution in [0.15, 0.2) is 0 Å². The van der Waals surface area contributed by atoms with E-state index in [0.717, 1.165) is 6.04 Å². The van der Waals surface area contributed by atoms with Gasteiger partial charge in [-0.2, -0.15) is 0 Å². The van der Waals surface area contributed by atoms with Crippen LogP contribution in [0.3, 0.4) is 0 Å². The Morgan fingerprint density at radius 2 is 1.82 bits per heavy atom. The van der Waals surface area contributed by atoms with E-state index in [9.17, 15) is 0 Å². The largest absolute Gasteiger partial charge is 0.328 e. The molecule has 0 aliphatic heterocycles. The first kappa shape index (κ1) is 9.01. The number of hydrogen-bond acceptors (Lipinski definition) is 2. The van der Waals surface area contributed by atoms with Crippen LogP contribution in [0, 0.1) is 0 Å². The molecule has 0 bridgehead atoms. The molecule has 1 saturated carbocycles. The second-order valence-corrected chi connectivity index (χ2v) is 3.64. The zero-order valence-corrected chi connectivity index (χ0v) is 7.71. The summed E-state index contributed by atoms with van der Waals surface area (Å²) in [6.07, 6.45) is 5.03. The fourth-order valence-corrected chi connectivity index (χ4v) is 1.80. The maximum atomic E-state index is 5.82. The van der Waals surface area contributed by atoms with Crippen molar-refractivity contribution in [2.75, 3.05) is 13.6 Å². The summed E-state index contributed by atoms with van der Waals surface area (Å²) < 4.78 is 0. The second-order valence-electron chi connectivity index (χ2n) is 3.64. The van der Waals surface area contributed by atoms with Crippen molar-refractivity contribution in [3.63, 3.8) is 0 Å². The molecule has 0 aromatic carbocycles. The lowest BCUT2D eigenvalue weighted by Crippen LogP contribution is -2.38. The fourth-order valence-electron chi connectivity index (χ4n) is 1.80. The Morgan fingerprint density at radius 3 is 2.27 bits per heavy atom. The first-order valence-corrected chi connectivity index (χ1v) is 4.70. The first-order valence-electron chi connectivity index (χ1n) is 4.70. The van der Waals surface area contributed by atoms with Gasteiger partial charge in [-0.25, -0.2) is 0 Å². The Bertz CT molecular complexity index is 106. The standard InChI is InChI=1S/C9H20N2/c1-3-11(2)9-6-4-8(10)5-7-9/h8-9H,3-7,10H2,1-2H3/t8-,9+. The highest BCUT2D eigenvalue weighted by molar-refractivity contribution is 4.78. The van der Waals surface area contributed by atoms with Crippen molar-refractivity contribution in [1.29, 1.82) is 0 Å². The van der Waals surface area contributed by atoms with Gasteiger partial charge in [0.15, 0.2) is 0 Å². The summed E-state index contributed by atoms with van der Waals surface area (Å²) in [5.41, 5.74) is 5.82. The molecular formula is C9H20N2. The van der Waals surface area contributed by atoms with Crippen LogP contribution in [0.4, 0.5) is 0 Å². The lowest BCUT2D eigenvalue weighted by atomic mass is 9.91. The molecule has 0 aromatic heterocycles. The van der Waals surface area contributed by atoms with Crippen LogP contribution in [0.5, 0.6) is 0 Å². The molecule has 0 aromatic rings. The van der Waals surface area contributed by atoms with Crippen molar-refractivity contribution in [3.05, 3.63) is 0 Å². The van der Waals surface area contributed by atoms with E-state index in [2.05, 4.69) is 18.9 Å². The molecule has 1 rings (SSSR count). The predicted molar refractivity (Wildman–Crippen MR) is 48.5 cm³/mol. The monoisotopic (exact) mass is 156 g/mol. The van der Waals surface area contributed by atoms with Crippen molar-refractivity contribution in [2.45, 2.75) is 44.7 Å². The number of hydrogen-bond donors (Lipinski definition) is 1. The lowest BCUT2D eigenvalue weighted by molar-refractivity contribution is 0.191. The molecule has 0 heterocycles. The van der Waals surface area contributed by atoms with Gasteiger partial charge in [0.25, 0.3) is 0 Å². The van der Waals surface area contributed by atoms with E-state index in [1.807, 2.05) is 0 Å². The topological polar surface area (TPSA) is 29.3 Å². The molecule has 2 N–H and O–H groups in total. The first-order chi connectivity index (χ1) is 5.24. The van der Waals surface area contributed by atoms with Crippen molar-refractivity contribution in [1.82, 2.24) is 4.90 Å². The van der Waals surface area contributed by atoms with Crippen LogP contribution >= 0.6 is 0 Å². The predicted octanol–water partition coefficient (Wildman–Crippen LogP) is 1.21. The average Bonchev–Trinajstić information content (AvgIpc) is 2.05. The van der Waals surface area contributed by atoms with Gasteiger partial charge in [0, 0.05) is 12.1 Å². The normalized spacial score (nSPS) is 32.7. The van der Waals surface area contributed by atoms with Crippen molar-refractivity contribution in [3.8, 4) is 0 Å². The molecule has 0 atom stereocenters.